The Morgan fingerprint density at radius 3 is 2.65 bits per heavy atom. The van der Waals surface area contributed by atoms with Gasteiger partial charge in [-0.2, -0.15) is 5.26 Å². The van der Waals surface area contributed by atoms with Gasteiger partial charge in [-0.1, -0.05) is 6.92 Å². The van der Waals surface area contributed by atoms with E-state index in [-0.39, 0.29) is 0 Å². The second-order valence-electron chi connectivity index (χ2n) is 6.71. The number of nitrogens with one attached hydrogen (secondary N) is 1. The highest BCUT2D eigenvalue weighted by Gasteiger charge is 2.28. The van der Waals surface area contributed by atoms with E-state index in [9.17, 15) is 5.26 Å². The molecule has 1 heterocycles. The zero-order valence-electron chi connectivity index (χ0n) is 13.9. The largest absolute Gasteiger partial charge is 0.305 e. The predicted molar refractivity (Wildman–Crippen MR) is 84.7 cm³/mol. The van der Waals surface area contributed by atoms with E-state index in [4.69, 9.17) is 0 Å². The summed E-state index contributed by atoms with van der Waals surface area (Å²) in [5, 5.41) is 12.8. The highest BCUT2D eigenvalue weighted by Crippen LogP contribution is 2.16. The van der Waals surface area contributed by atoms with Crippen LogP contribution in [0.1, 0.15) is 47.0 Å². The summed E-state index contributed by atoms with van der Waals surface area (Å²) in [5.74, 6) is 0. The first-order valence-electron chi connectivity index (χ1n) is 8.01. The van der Waals surface area contributed by atoms with Crippen LogP contribution in [-0.4, -0.2) is 60.6 Å². The van der Waals surface area contributed by atoms with Gasteiger partial charge in [0.15, 0.2) is 0 Å². The summed E-state index contributed by atoms with van der Waals surface area (Å²) in [4.78, 5) is 5.02. The molecule has 4 heteroatoms. The van der Waals surface area contributed by atoms with E-state index in [2.05, 4.69) is 49.0 Å². The summed E-state index contributed by atoms with van der Waals surface area (Å²) >= 11 is 0. The fourth-order valence-corrected chi connectivity index (χ4v) is 3.14. The Morgan fingerprint density at radius 1 is 1.40 bits per heavy atom. The summed E-state index contributed by atoms with van der Waals surface area (Å²) < 4.78 is 0. The molecule has 2 atom stereocenters. The molecule has 116 valence electrons. The standard InChI is InChI=1S/C16H32N4/c1-6-15-12-19(5)9-7-10-20(15)11-8-16(4,13-17)18-14(2)3/h14-15,18H,6-12H2,1-5H3. The molecular weight excluding hydrogens is 248 g/mol. The molecule has 0 radical (unpaired) electrons. The van der Waals surface area contributed by atoms with Gasteiger partial charge in [-0.3, -0.25) is 10.2 Å². The average Bonchev–Trinajstić information content (AvgIpc) is 2.57. The highest BCUT2D eigenvalue weighted by molar-refractivity contribution is 5.05. The summed E-state index contributed by atoms with van der Waals surface area (Å²) in [7, 11) is 2.21. The van der Waals surface area contributed by atoms with Crippen LogP contribution in [0.25, 0.3) is 0 Å². The molecule has 2 unspecified atom stereocenters. The lowest BCUT2D eigenvalue weighted by Crippen LogP contribution is -2.49. The molecule has 0 aliphatic carbocycles. The van der Waals surface area contributed by atoms with E-state index >= 15 is 0 Å². The van der Waals surface area contributed by atoms with Crippen LogP contribution in [0.5, 0.6) is 0 Å². The van der Waals surface area contributed by atoms with Gasteiger partial charge in [0, 0.05) is 25.2 Å². The molecule has 4 nitrogen and oxygen atoms in total. The molecule has 0 aromatic heterocycles. The van der Waals surface area contributed by atoms with E-state index in [1.54, 1.807) is 0 Å². The van der Waals surface area contributed by atoms with Gasteiger partial charge in [0.05, 0.1) is 6.07 Å². The van der Waals surface area contributed by atoms with Gasteiger partial charge in [-0.15, -0.1) is 0 Å². The molecule has 1 fully saturated rings. The van der Waals surface area contributed by atoms with Crippen LogP contribution in [0.3, 0.4) is 0 Å². The highest BCUT2D eigenvalue weighted by atomic mass is 15.2. The van der Waals surface area contributed by atoms with E-state index in [0.717, 1.165) is 26.1 Å². The topological polar surface area (TPSA) is 42.3 Å². The normalized spacial score (nSPS) is 25.1. The van der Waals surface area contributed by atoms with Crippen molar-refractivity contribution in [1.82, 2.24) is 15.1 Å². The third-order valence-corrected chi connectivity index (χ3v) is 4.25. The van der Waals surface area contributed by atoms with Gasteiger partial charge in [-0.25, -0.2) is 0 Å². The first-order valence-corrected chi connectivity index (χ1v) is 8.01. The molecule has 20 heavy (non-hydrogen) atoms. The van der Waals surface area contributed by atoms with Crippen LogP contribution in [0, 0.1) is 11.3 Å². The third kappa shape index (κ3) is 5.40. The van der Waals surface area contributed by atoms with Crippen LogP contribution in [0.2, 0.25) is 0 Å². The molecule has 0 spiro atoms. The Kier molecular flexibility index (Phi) is 6.94. The van der Waals surface area contributed by atoms with Crippen molar-refractivity contribution in [2.24, 2.45) is 0 Å². The quantitative estimate of drug-likeness (QED) is 0.809. The van der Waals surface area contributed by atoms with E-state index in [1.807, 2.05) is 6.92 Å². The van der Waals surface area contributed by atoms with Crippen LogP contribution in [-0.2, 0) is 0 Å². The number of likely N-dealkylation sites (N-methyl/N-ethyl adjacent to an activating group) is 1. The van der Waals surface area contributed by atoms with Gasteiger partial charge >= 0.3 is 0 Å². The molecule has 1 N–H and O–H groups in total. The second-order valence-corrected chi connectivity index (χ2v) is 6.71. The van der Waals surface area contributed by atoms with Gasteiger partial charge in [0.25, 0.3) is 0 Å². The monoisotopic (exact) mass is 280 g/mol. The number of hydrogen-bond acceptors (Lipinski definition) is 4. The molecule has 1 rings (SSSR count). The molecule has 0 saturated carbocycles. The van der Waals surface area contributed by atoms with Gasteiger partial charge in [0.2, 0.25) is 0 Å². The van der Waals surface area contributed by atoms with Crippen molar-refractivity contribution < 1.29 is 0 Å². The maximum absolute atomic E-state index is 9.45. The zero-order chi connectivity index (χ0) is 15.2. The minimum Gasteiger partial charge on any atom is -0.305 e. The maximum Gasteiger partial charge on any atom is 0.105 e. The number of nitriles is 1. The Bertz CT molecular complexity index is 323. The molecule has 0 amide bonds. The number of hydrogen-bond donors (Lipinski definition) is 1. The van der Waals surface area contributed by atoms with Crippen molar-refractivity contribution in [3.8, 4) is 6.07 Å². The van der Waals surface area contributed by atoms with Crippen molar-refractivity contribution in [2.75, 3.05) is 33.2 Å². The van der Waals surface area contributed by atoms with Crippen LogP contribution in [0.15, 0.2) is 0 Å². The Labute approximate surface area is 125 Å². The Balaban J connectivity index is 2.59. The average molecular weight is 280 g/mol. The SMILES string of the molecule is CCC1CN(C)CCCN1CCC(C)(C#N)NC(C)C. The Morgan fingerprint density at radius 2 is 2.10 bits per heavy atom. The van der Waals surface area contributed by atoms with Gasteiger partial charge in [-0.05, 0) is 60.2 Å². The van der Waals surface area contributed by atoms with E-state index in [1.165, 1.54) is 19.4 Å². The molecule has 0 aromatic carbocycles. The van der Waals surface area contributed by atoms with Crippen LogP contribution < -0.4 is 5.32 Å². The first-order chi connectivity index (χ1) is 9.40. The number of nitrogens with zero attached hydrogens (tertiary/aromatic N) is 3. The summed E-state index contributed by atoms with van der Waals surface area (Å²) in [6.45, 7) is 13.0. The van der Waals surface area contributed by atoms with Crippen LogP contribution >= 0.6 is 0 Å². The minimum absolute atomic E-state index is 0.344. The molecule has 1 aliphatic heterocycles. The van der Waals surface area contributed by atoms with E-state index < -0.39 is 5.54 Å². The fourth-order valence-electron chi connectivity index (χ4n) is 3.14. The van der Waals surface area contributed by atoms with Crippen molar-refractivity contribution in [3.05, 3.63) is 0 Å². The molecule has 0 aromatic rings. The lowest BCUT2D eigenvalue weighted by molar-refractivity contribution is 0.168. The lowest BCUT2D eigenvalue weighted by Gasteiger charge is -2.33. The second kappa shape index (κ2) is 7.97. The zero-order valence-corrected chi connectivity index (χ0v) is 13.9. The van der Waals surface area contributed by atoms with Gasteiger partial charge in [0.1, 0.15) is 5.54 Å². The number of rotatable bonds is 6. The Hall–Kier alpha value is -0.630. The summed E-state index contributed by atoms with van der Waals surface area (Å²) in [6.07, 6.45) is 3.31. The smallest absolute Gasteiger partial charge is 0.105 e. The maximum atomic E-state index is 9.45. The van der Waals surface area contributed by atoms with Crippen molar-refractivity contribution in [1.29, 1.82) is 5.26 Å². The van der Waals surface area contributed by atoms with Crippen molar-refractivity contribution in [3.63, 3.8) is 0 Å². The molecular formula is C16H32N4. The van der Waals surface area contributed by atoms with Crippen molar-refractivity contribution >= 4 is 0 Å². The fraction of sp³-hybridized carbons (Fsp3) is 0.938. The van der Waals surface area contributed by atoms with Crippen LogP contribution in [0.4, 0.5) is 0 Å². The first kappa shape index (κ1) is 17.4. The van der Waals surface area contributed by atoms with Gasteiger partial charge < -0.3 is 4.90 Å². The van der Waals surface area contributed by atoms with Crippen molar-refractivity contribution in [2.45, 2.75) is 64.6 Å². The van der Waals surface area contributed by atoms with E-state index in [0.29, 0.717) is 12.1 Å². The molecule has 1 aliphatic rings. The summed E-state index contributed by atoms with van der Waals surface area (Å²) in [6, 6.07) is 3.43. The molecule has 0 bridgehead atoms. The molecule has 1 saturated heterocycles. The third-order valence-electron chi connectivity index (χ3n) is 4.25. The summed E-state index contributed by atoms with van der Waals surface area (Å²) in [5.41, 5.74) is -0.412. The minimum atomic E-state index is -0.412. The predicted octanol–water partition coefficient (Wildman–Crippen LogP) is 2.07. The lowest BCUT2D eigenvalue weighted by atomic mass is 9.97.